The Kier molecular flexibility index (Phi) is 11.3. The molecular weight excluding hydrogens is 727 g/mol. The lowest BCUT2D eigenvalue weighted by atomic mass is 9.35. The summed E-state index contributed by atoms with van der Waals surface area (Å²) in [4.78, 5) is 15.6. The van der Waals surface area contributed by atoms with Crippen molar-refractivity contribution in [3.8, 4) is 5.88 Å². The minimum absolute atomic E-state index is 0.0480. The molecule has 316 valence electrons. The van der Waals surface area contributed by atoms with Crippen LogP contribution < -0.4 is 10.1 Å². The fourth-order valence-electron chi connectivity index (χ4n) is 14.9. The van der Waals surface area contributed by atoms with Crippen molar-refractivity contribution < 1.29 is 14.6 Å². The van der Waals surface area contributed by atoms with E-state index in [4.69, 9.17) is 4.74 Å². The van der Waals surface area contributed by atoms with E-state index in [0.29, 0.717) is 59.1 Å². The standard InChI is InChI=1S/C48H75N5O3S/c1-31(2)35-14-19-48(49-22-23-52-24-26-57-27-25-52)21-20-46(9)38(42(35)48)11-10-37-41-33(5)28-39(44(6,7)36(41)15-16-45(37,46)8)34-12-17-47(18-13-34,43(54)55)30-56-40-29-50-51-53(40)32(3)4/h12,28-29,32-33,35-38,41-42,49H,1,10-11,13-27,30H2,2-9H3,(H,54,55)/t33-,35-,36+,37+,38+,41-,42+,45+,46+,47?,48-/m0/s1. The van der Waals surface area contributed by atoms with Gasteiger partial charge in [0.15, 0.2) is 0 Å². The Balaban J connectivity index is 1.01. The van der Waals surface area contributed by atoms with Crippen LogP contribution in [0.25, 0.3) is 0 Å². The molecule has 11 atom stereocenters. The summed E-state index contributed by atoms with van der Waals surface area (Å²) < 4.78 is 7.87. The van der Waals surface area contributed by atoms with Crippen LogP contribution in [-0.2, 0) is 4.79 Å². The Morgan fingerprint density at radius 2 is 1.75 bits per heavy atom. The lowest BCUT2D eigenvalue weighted by molar-refractivity contribution is -0.201. The van der Waals surface area contributed by atoms with E-state index in [-0.39, 0.29) is 23.6 Å². The summed E-state index contributed by atoms with van der Waals surface area (Å²) in [6.45, 7) is 29.1. The molecule has 57 heavy (non-hydrogen) atoms. The van der Waals surface area contributed by atoms with Gasteiger partial charge in [0.1, 0.15) is 18.2 Å². The molecule has 5 fully saturated rings. The van der Waals surface area contributed by atoms with Crippen molar-refractivity contribution in [3.63, 3.8) is 0 Å². The topological polar surface area (TPSA) is 92.5 Å². The molecule has 1 saturated heterocycles. The van der Waals surface area contributed by atoms with Gasteiger partial charge in [-0.25, -0.2) is 4.68 Å². The quantitative estimate of drug-likeness (QED) is 0.214. The Bertz CT molecular complexity index is 1750. The highest BCUT2D eigenvalue weighted by atomic mass is 32.2. The van der Waals surface area contributed by atoms with Crippen LogP contribution in [-0.4, -0.2) is 80.8 Å². The number of allylic oxidation sites excluding steroid dienone is 5. The van der Waals surface area contributed by atoms with Crippen LogP contribution in [0.5, 0.6) is 5.88 Å². The molecule has 1 aromatic heterocycles. The van der Waals surface area contributed by atoms with Gasteiger partial charge in [0, 0.05) is 43.2 Å². The van der Waals surface area contributed by atoms with E-state index in [2.05, 4.69) is 92.6 Å². The Morgan fingerprint density at radius 1 is 1.02 bits per heavy atom. The highest BCUT2D eigenvalue weighted by Crippen LogP contribution is 2.74. The lowest BCUT2D eigenvalue weighted by Crippen LogP contribution is -2.67. The van der Waals surface area contributed by atoms with Crippen LogP contribution in [0.2, 0.25) is 0 Å². The number of ether oxygens (including phenoxy) is 1. The van der Waals surface area contributed by atoms with E-state index in [1.807, 2.05) is 13.8 Å². The molecule has 2 heterocycles. The van der Waals surface area contributed by atoms with Crippen LogP contribution in [0, 0.1) is 63.1 Å². The molecule has 2 N–H and O–H groups in total. The van der Waals surface area contributed by atoms with Gasteiger partial charge in [0.25, 0.3) is 0 Å². The molecule has 8 nitrogen and oxygen atoms in total. The van der Waals surface area contributed by atoms with E-state index >= 15 is 0 Å². The van der Waals surface area contributed by atoms with Crippen molar-refractivity contribution in [1.29, 1.82) is 0 Å². The summed E-state index contributed by atoms with van der Waals surface area (Å²) in [5, 5.41) is 23.1. The zero-order chi connectivity index (χ0) is 40.5. The maximum Gasteiger partial charge on any atom is 0.313 e. The molecule has 1 aromatic rings. The van der Waals surface area contributed by atoms with E-state index in [0.717, 1.165) is 24.8 Å². The number of carboxylic acids is 1. The molecule has 6 aliphatic carbocycles. The molecule has 0 bridgehead atoms. The van der Waals surface area contributed by atoms with Crippen molar-refractivity contribution in [2.75, 3.05) is 44.3 Å². The first-order valence-electron chi connectivity index (χ1n) is 23.0. The lowest BCUT2D eigenvalue weighted by Gasteiger charge is -2.70. The number of aliphatic carboxylic acids is 1. The smallest absolute Gasteiger partial charge is 0.313 e. The van der Waals surface area contributed by atoms with E-state index in [1.165, 1.54) is 99.2 Å². The zero-order valence-electron chi connectivity index (χ0n) is 36.7. The van der Waals surface area contributed by atoms with Crippen molar-refractivity contribution >= 4 is 17.7 Å². The summed E-state index contributed by atoms with van der Waals surface area (Å²) in [6.07, 6.45) is 19.0. The number of carbonyl (C=O) groups is 1. The fraction of sp³-hybridized carbons (Fsp3) is 0.812. The molecule has 0 radical (unpaired) electrons. The van der Waals surface area contributed by atoms with Crippen molar-refractivity contribution in [2.24, 2.45) is 63.1 Å². The minimum Gasteiger partial charge on any atom is -0.481 e. The number of nitrogens with one attached hydrogen (secondary N) is 1. The highest BCUT2D eigenvalue weighted by Gasteiger charge is 2.69. The number of nitrogens with zero attached hydrogens (tertiary/aromatic N) is 4. The molecule has 7 aliphatic rings. The summed E-state index contributed by atoms with van der Waals surface area (Å²) in [7, 11) is 0. The van der Waals surface area contributed by atoms with Gasteiger partial charge in [-0.15, -0.1) is 5.10 Å². The molecule has 0 aromatic carbocycles. The summed E-state index contributed by atoms with van der Waals surface area (Å²) in [5.41, 5.74) is 4.33. The number of carboxylic acid groups (broad SMARTS) is 1. The van der Waals surface area contributed by atoms with Gasteiger partial charge >= 0.3 is 5.97 Å². The fourth-order valence-corrected chi connectivity index (χ4v) is 15.9. The number of rotatable bonds is 11. The number of thioether (sulfide) groups is 1. The van der Waals surface area contributed by atoms with Gasteiger partial charge in [-0.3, -0.25) is 4.79 Å². The average Bonchev–Trinajstić information content (AvgIpc) is 3.82. The predicted molar refractivity (Wildman–Crippen MR) is 232 cm³/mol. The minimum atomic E-state index is -0.952. The number of hydrogen-bond acceptors (Lipinski definition) is 7. The van der Waals surface area contributed by atoms with Crippen LogP contribution in [0.3, 0.4) is 0 Å². The Hall–Kier alpha value is -2.10. The van der Waals surface area contributed by atoms with Crippen molar-refractivity contribution in [3.05, 3.63) is 41.6 Å². The molecule has 8 rings (SSSR count). The highest BCUT2D eigenvalue weighted by molar-refractivity contribution is 7.99. The first-order valence-corrected chi connectivity index (χ1v) is 24.1. The first-order chi connectivity index (χ1) is 27.1. The van der Waals surface area contributed by atoms with E-state index < -0.39 is 11.4 Å². The molecule has 0 spiro atoms. The van der Waals surface area contributed by atoms with Gasteiger partial charge in [-0.05, 0) is 160 Å². The average molecular weight is 802 g/mol. The molecule has 4 saturated carbocycles. The van der Waals surface area contributed by atoms with Crippen molar-refractivity contribution in [1.82, 2.24) is 25.2 Å². The van der Waals surface area contributed by atoms with Crippen LogP contribution in [0.4, 0.5) is 0 Å². The summed E-state index contributed by atoms with van der Waals surface area (Å²) >= 11 is 2.11. The first kappa shape index (κ1) is 41.6. The molecular formula is C48H75N5O3S. The maximum atomic E-state index is 12.9. The van der Waals surface area contributed by atoms with Crippen LogP contribution in [0.1, 0.15) is 132 Å². The predicted octanol–water partition coefficient (Wildman–Crippen LogP) is 9.86. The van der Waals surface area contributed by atoms with Gasteiger partial charge in [-0.1, -0.05) is 64.1 Å². The van der Waals surface area contributed by atoms with Crippen LogP contribution in [0.15, 0.2) is 41.6 Å². The van der Waals surface area contributed by atoms with Crippen LogP contribution >= 0.6 is 11.8 Å². The van der Waals surface area contributed by atoms with E-state index in [1.54, 1.807) is 10.9 Å². The molecule has 9 heteroatoms. The second kappa shape index (κ2) is 15.4. The van der Waals surface area contributed by atoms with Gasteiger partial charge in [0.05, 0.1) is 6.04 Å². The second-order valence-corrected chi connectivity index (χ2v) is 22.7. The SMILES string of the molecule is C=C(C)[C@@H]1CC[C@]2(NCCN3CCSCC3)CC[C@]3(C)[C@H](CC[C@@H]4[C@@H]5[C@@H](CC[C@]43C)C(C)(C)C(C3=CCC(COc4cnnn4C(C)C)(C(=O)O)CC3)=C[C@@H]5C)[C@@H]12. The molecule has 1 aliphatic heterocycles. The van der Waals surface area contributed by atoms with Crippen molar-refractivity contribution in [2.45, 2.75) is 138 Å². The third-order valence-electron chi connectivity index (χ3n) is 18.4. The second-order valence-electron chi connectivity index (χ2n) is 21.5. The van der Waals surface area contributed by atoms with Gasteiger partial charge in [-0.2, -0.15) is 11.8 Å². The third kappa shape index (κ3) is 6.82. The number of fused-ring (bicyclic) bond motifs is 7. The monoisotopic (exact) mass is 802 g/mol. The maximum absolute atomic E-state index is 12.9. The largest absolute Gasteiger partial charge is 0.481 e. The van der Waals surface area contributed by atoms with E-state index in [9.17, 15) is 9.90 Å². The summed E-state index contributed by atoms with van der Waals surface area (Å²) in [5.74, 6) is 6.98. The molecule has 1 unspecified atom stereocenters. The Morgan fingerprint density at radius 3 is 2.44 bits per heavy atom. The van der Waals surface area contributed by atoms with Gasteiger partial charge in [0.2, 0.25) is 5.88 Å². The molecule has 0 amide bonds. The zero-order valence-corrected chi connectivity index (χ0v) is 37.6. The van der Waals surface area contributed by atoms with Gasteiger partial charge < -0.3 is 20.1 Å². The normalized spacial score (nSPS) is 41.6. The number of aromatic nitrogens is 3. The summed E-state index contributed by atoms with van der Waals surface area (Å²) in [6, 6.07) is 0.0899. The number of hydrogen-bond donors (Lipinski definition) is 2. The third-order valence-corrected chi connectivity index (χ3v) is 19.3. The Labute approximate surface area is 348 Å².